The van der Waals surface area contributed by atoms with Crippen molar-refractivity contribution in [2.24, 2.45) is 11.3 Å². The molecule has 0 radical (unpaired) electrons. The van der Waals surface area contributed by atoms with E-state index in [-0.39, 0.29) is 24.0 Å². The Balaban J connectivity index is 1.71. The van der Waals surface area contributed by atoms with Crippen molar-refractivity contribution in [1.82, 2.24) is 4.72 Å². The van der Waals surface area contributed by atoms with Gasteiger partial charge in [-0.05, 0) is 43.4 Å². The molecule has 0 amide bonds. The Kier molecular flexibility index (Phi) is 3.45. The summed E-state index contributed by atoms with van der Waals surface area (Å²) in [5, 5.41) is 8.45. The second kappa shape index (κ2) is 4.57. The number of rotatable bonds is 8. The van der Waals surface area contributed by atoms with Gasteiger partial charge in [0.1, 0.15) is 0 Å². The van der Waals surface area contributed by atoms with E-state index in [2.05, 4.69) is 4.72 Å². The summed E-state index contributed by atoms with van der Waals surface area (Å²) in [5.41, 5.74) is 0.250. The maximum Gasteiger partial charge on any atom is 0.303 e. The molecule has 0 heterocycles. The Morgan fingerprint density at radius 2 is 2.00 bits per heavy atom. The molecule has 5 nitrogen and oxygen atoms in total. The van der Waals surface area contributed by atoms with Crippen molar-refractivity contribution in [1.29, 1.82) is 0 Å². The molecule has 2 N–H and O–H groups in total. The van der Waals surface area contributed by atoms with E-state index in [1.807, 2.05) is 0 Å². The quantitative estimate of drug-likeness (QED) is 0.681. The first-order valence-corrected chi connectivity index (χ1v) is 7.78. The maximum absolute atomic E-state index is 11.6. The van der Waals surface area contributed by atoms with Crippen LogP contribution in [0.4, 0.5) is 0 Å². The number of hydrogen-bond acceptors (Lipinski definition) is 3. The second-order valence-corrected chi connectivity index (χ2v) is 7.20. The highest BCUT2D eigenvalue weighted by Crippen LogP contribution is 2.60. The van der Waals surface area contributed by atoms with E-state index >= 15 is 0 Å². The number of nitrogens with one attached hydrogen (secondary N) is 1. The summed E-state index contributed by atoms with van der Waals surface area (Å²) in [5.74, 6) is -0.305. The third-order valence-electron chi connectivity index (χ3n) is 3.78. The zero-order valence-corrected chi connectivity index (χ0v) is 10.6. The SMILES string of the molecule is O=C(O)CCCS(=O)(=O)NCC1(C2CC2)CC1. The first kappa shape index (κ1) is 12.8. The molecule has 0 spiro atoms. The molecule has 17 heavy (non-hydrogen) atoms. The average Bonchev–Trinajstić information content (AvgIpc) is 3.07. The van der Waals surface area contributed by atoms with E-state index in [0.29, 0.717) is 6.54 Å². The molecule has 0 saturated heterocycles. The van der Waals surface area contributed by atoms with Crippen LogP contribution < -0.4 is 4.72 Å². The lowest BCUT2D eigenvalue weighted by Gasteiger charge is -2.14. The number of sulfonamides is 1. The van der Waals surface area contributed by atoms with Gasteiger partial charge in [-0.15, -0.1) is 0 Å². The number of carboxylic acid groups (broad SMARTS) is 1. The molecule has 2 rings (SSSR count). The van der Waals surface area contributed by atoms with Gasteiger partial charge in [0.15, 0.2) is 0 Å². The topological polar surface area (TPSA) is 83.5 Å². The minimum Gasteiger partial charge on any atom is -0.481 e. The summed E-state index contributed by atoms with van der Waals surface area (Å²) >= 11 is 0. The largest absolute Gasteiger partial charge is 0.481 e. The molecular formula is C11H19NO4S. The van der Waals surface area contributed by atoms with E-state index < -0.39 is 16.0 Å². The van der Waals surface area contributed by atoms with Crippen LogP contribution in [0.1, 0.15) is 38.5 Å². The predicted molar refractivity (Wildman–Crippen MR) is 63.1 cm³/mol. The van der Waals surface area contributed by atoms with E-state index in [0.717, 1.165) is 18.8 Å². The van der Waals surface area contributed by atoms with E-state index in [9.17, 15) is 13.2 Å². The lowest BCUT2D eigenvalue weighted by atomic mass is 10.0. The third-order valence-corrected chi connectivity index (χ3v) is 5.19. The molecule has 0 aromatic carbocycles. The summed E-state index contributed by atoms with van der Waals surface area (Å²) in [4.78, 5) is 10.3. The summed E-state index contributed by atoms with van der Waals surface area (Å²) in [6.07, 6.45) is 4.84. The Morgan fingerprint density at radius 1 is 1.35 bits per heavy atom. The Bertz CT molecular complexity index is 396. The van der Waals surface area contributed by atoms with Gasteiger partial charge in [0, 0.05) is 13.0 Å². The summed E-state index contributed by atoms with van der Waals surface area (Å²) < 4.78 is 25.9. The van der Waals surface area contributed by atoms with E-state index in [1.54, 1.807) is 0 Å². The lowest BCUT2D eigenvalue weighted by Crippen LogP contribution is -2.33. The normalized spacial score (nSPS) is 22.4. The molecule has 0 bridgehead atoms. The highest BCUT2D eigenvalue weighted by atomic mass is 32.2. The van der Waals surface area contributed by atoms with Gasteiger partial charge in [0.2, 0.25) is 10.0 Å². The molecule has 2 aliphatic carbocycles. The number of carboxylic acids is 1. The van der Waals surface area contributed by atoms with Crippen LogP contribution in [0, 0.1) is 11.3 Å². The fraction of sp³-hybridized carbons (Fsp3) is 0.909. The van der Waals surface area contributed by atoms with Crippen molar-refractivity contribution < 1.29 is 18.3 Å². The van der Waals surface area contributed by atoms with Crippen LogP contribution in [0.2, 0.25) is 0 Å². The van der Waals surface area contributed by atoms with Crippen molar-refractivity contribution in [2.45, 2.75) is 38.5 Å². The predicted octanol–water partition coefficient (Wildman–Crippen LogP) is 0.961. The van der Waals surface area contributed by atoms with Crippen molar-refractivity contribution in [3.05, 3.63) is 0 Å². The molecule has 0 aromatic heterocycles. The van der Waals surface area contributed by atoms with Gasteiger partial charge in [-0.2, -0.15) is 0 Å². The van der Waals surface area contributed by atoms with Gasteiger partial charge in [-0.1, -0.05) is 0 Å². The number of aliphatic carboxylic acids is 1. The molecule has 0 unspecified atom stereocenters. The number of hydrogen-bond donors (Lipinski definition) is 2. The average molecular weight is 261 g/mol. The fourth-order valence-electron chi connectivity index (χ4n) is 2.32. The van der Waals surface area contributed by atoms with Crippen molar-refractivity contribution in [2.75, 3.05) is 12.3 Å². The zero-order valence-electron chi connectivity index (χ0n) is 9.81. The van der Waals surface area contributed by atoms with Crippen molar-refractivity contribution >= 4 is 16.0 Å². The van der Waals surface area contributed by atoms with Crippen molar-refractivity contribution in [3.8, 4) is 0 Å². The van der Waals surface area contributed by atoms with Crippen LogP contribution in [-0.4, -0.2) is 31.8 Å². The van der Waals surface area contributed by atoms with Crippen LogP contribution in [0.15, 0.2) is 0 Å². The van der Waals surface area contributed by atoms with Gasteiger partial charge in [0.05, 0.1) is 5.75 Å². The molecule has 2 aliphatic rings. The maximum atomic E-state index is 11.6. The van der Waals surface area contributed by atoms with Gasteiger partial charge >= 0.3 is 5.97 Å². The zero-order chi connectivity index (χ0) is 12.5. The molecule has 2 fully saturated rings. The first-order chi connectivity index (χ1) is 7.94. The van der Waals surface area contributed by atoms with Gasteiger partial charge in [-0.3, -0.25) is 4.79 Å². The van der Waals surface area contributed by atoms with Gasteiger partial charge < -0.3 is 5.11 Å². The van der Waals surface area contributed by atoms with Gasteiger partial charge in [-0.25, -0.2) is 13.1 Å². The van der Waals surface area contributed by atoms with E-state index in [4.69, 9.17) is 5.11 Å². The lowest BCUT2D eigenvalue weighted by molar-refractivity contribution is -0.137. The smallest absolute Gasteiger partial charge is 0.303 e. The van der Waals surface area contributed by atoms with Crippen molar-refractivity contribution in [3.63, 3.8) is 0 Å². The van der Waals surface area contributed by atoms with Gasteiger partial charge in [0.25, 0.3) is 0 Å². The minimum absolute atomic E-state index is 0.0833. The monoisotopic (exact) mass is 261 g/mol. The summed E-state index contributed by atoms with van der Waals surface area (Å²) in [6, 6.07) is 0. The third kappa shape index (κ3) is 3.67. The molecule has 0 aliphatic heterocycles. The Morgan fingerprint density at radius 3 is 2.47 bits per heavy atom. The summed E-state index contributed by atoms with van der Waals surface area (Å²) in [7, 11) is -3.29. The molecular weight excluding hydrogens is 242 g/mol. The van der Waals surface area contributed by atoms with Crippen LogP contribution in [0.5, 0.6) is 0 Å². The van der Waals surface area contributed by atoms with Crippen LogP contribution in [-0.2, 0) is 14.8 Å². The molecule has 2 saturated carbocycles. The molecule has 0 atom stereocenters. The fourth-order valence-corrected chi connectivity index (χ4v) is 3.50. The molecule has 0 aromatic rings. The first-order valence-electron chi connectivity index (χ1n) is 6.13. The Labute approximate surface area is 102 Å². The van der Waals surface area contributed by atoms with Crippen LogP contribution in [0.25, 0.3) is 0 Å². The number of carbonyl (C=O) groups is 1. The molecule has 6 heteroatoms. The minimum atomic E-state index is -3.29. The second-order valence-electron chi connectivity index (χ2n) is 5.27. The highest BCUT2D eigenvalue weighted by molar-refractivity contribution is 7.89. The highest BCUT2D eigenvalue weighted by Gasteiger charge is 2.53. The molecule has 98 valence electrons. The Hall–Kier alpha value is -0.620. The van der Waals surface area contributed by atoms with E-state index in [1.165, 1.54) is 12.8 Å². The van der Waals surface area contributed by atoms with Crippen LogP contribution in [0.3, 0.4) is 0 Å². The van der Waals surface area contributed by atoms with Crippen LogP contribution >= 0.6 is 0 Å². The standard InChI is InChI=1S/C11H19NO4S/c13-10(14)2-1-7-17(15,16)12-8-11(5-6-11)9-3-4-9/h9,12H,1-8H2,(H,13,14). The summed E-state index contributed by atoms with van der Waals surface area (Å²) in [6.45, 7) is 0.549.